The highest BCUT2D eigenvalue weighted by molar-refractivity contribution is 5.54. The molecule has 2 N–H and O–H groups in total. The number of nitrogens with zero attached hydrogens (tertiary/aromatic N) is 2. The molecule has 2 aromatic carbocycles. The molecule has 32 heavy (non-hydrogen) atoms. The molecule has 0 aliphatic heterocycles. The third-order valence-electron chi connectivity index (χ3n) is 5.61. The van der Waals surface area contributed by atoms with Gasteiger partial charge < -0.3 is 15.2 Å². The molecule has 0 atom stereocenters. The van der Waals surface area contributed by atoms with E-state index in [1.165, 1.54) is 25.8 Å². The summed E-state index contributed by atoms with van der Waals surface area (Å²) in [6.07, 6.45) is 0. The smallest absolute Gasteiger partial charge is 0.277 e. The molecule has 0 saturated heterocycles. The highest BCUT2D eigenvalue weighted by Crippen LogP contribution is 2.35. The van der Waals surface area contributed by atoms with Crippen molar-refractivity contribution in [2.75, 3.05) is 27.3 Å². The zero-order valence-corrected chi connectivity index (χ0v) is 20.4. The minimum absolute atomic E-state index is 0.0151. The van der Waals surface area contributed by atoms with E-state index in [0.29, 0.717) is 43.2 Å². The molecule has 0 amide bonds. The lowest BCUT2D eigenvalue weighted by atomic mass is 9.86. The first-order valence-corrected chi connectivity index (χ1v) is 10.8. The maximum atomic E-state index is 11.8. The predicted molar refractivity (Wildman–Crippen MR) is 128 cm³/mol. The summed E-state index contributed by atoms with van der Waals surface area (Å²) in [7, 11) is 3.00. The van der Waals surface area contributed by atoms with Crippen LogP contribution in [-0.4, -0.2) is 37.1 Å². The lowest BCUT2D eigenvalue weighted by molar-refractivity contribution is -0.385. The molecular weight excluding hydrogens is 406 g/mol. The van der Waals surface area contributed by atoms with Crippen LogP contribution < -0.4 is 15.2 Å². The fourth-order valence-electron chi connectivity index (χ4n) is 3.65. The maximum Gasteiger partial charge on any atom is 0.277 e. The zero-order chi connectivity index (χ0) is 24.1. The summed E-state index contributed by atoms with van der Waals surface area (Å²) in [5.41, 5.74) is 8.95. The van der Waals surface area contributed by atoms with Crippen LogP contribution in [0.5, 0.6) is 11.5 Å². The first kappa shape index (κ1) is 25.6. The van der Waals surface area contributed by atoms with Crippen LogP contribution in [0.4, 0.5) is 5.69 Å². The normalized spacial score (nSPS) is 12.2. The molecule has 0 aliphatic rings. The van der Waals surface area contributed by atoms with Crippen molar-refractivity contribution >= 4 is 5.69 Å². The van der Waals surface area contributed by atoms with Crippen LogP contribution in [0.25, 0.3) is 0 Å². The SMILES string of the molecule is COc1cc(CN(Cc2ccc(C(C)(C)C)cc2)CC(C)(C)CN)c([N+](=O)[O-])cc1OC. The molecule has 0 radical (unpaired) electrons. The van der Waals surface area contributed by atoms with Crippen LogP contribution in [0.1, 0.15) is 51.3 Å². The van der Waals surface area contributed by atoms with Crippen LogP contribution in [0.2, 0.25) is 0 Å². The first-order valence-electron chi connectivity index (χ1n) is 10.8. The fraction of sp³-hybridized carbons (Fsp3) is 0.520. The van der Waals surface area contributed by atoms with Crippen molar-refractivity contribution in [2.24, 2.45) is 11.1 Å². The number of hydrogen-bond donors (Lipinski definition) is 1. The van der Waals surface area contributed by atoms with Gasteiger partial charge in [-0.15, -0.1) is 0 Å². The Balaban J connectivity index is 2.40. The van der Waals surface area contributed by atoms with E-state index >= 15 is 0 Å². The van der Waals surface area contributed by atoms with E-state index in [4.69, 9.17) is 15.2 Å². The van der Waals surface area contributed by atoms with Crippen LogP contribution in [0.15, 0.2) is 36.4 Å². The van der Waals surface area contributed by atoms with Gasteiger partial charge in [0.05, 0.1) is 25.2 Å². The lowest BCUT2D eigenvalue weighted by Gasteiger charge is -2.32. The fourth-order valence-corrected chi connectivity index (χ4v) is 3.65. The van der Waals surface area contributed by atoms with E-state index < -0.39 is 0 Å². The van der Waals surface area contributed by atoms with E-state index in [1.807, 2.05) is 0 Å². The number of ether oxygens (including phenoxy) is 2. The van der Waals surface area contributed by atoms with Gasteiger partial charge in [-0.3, -0.25) is 15.0 Å². The van der Waals surface area contributed by atoms with Gasteiger partial charge in [0, 0.05) is 25.2 Å². The summed E-state index contributed by atoms with van der Waals surface area (Å²) >= 11 is 0. The Kier molecular flexibility index (Phi) is 8.26. The molecule has 2 aromatic rings. The average Bonchev–Trinajstić information content (AvgIpc) is 2.72. The maximum absolute atomic E-state index is 11.8. The average molecular weight is 444 g/mol. The topological polar surface area (TPSA) is 90.9 Å². The number of nitro benzene ring substituents is 1. The lowest BCUT2D eigenvalue weighted by Crippen LogP contribution is -2.38. The quantitative estimate of drug-likeness (QED) is 0.415. The van der Waals surface area contributed by atoms with Gasteiger partial charge in [-0.2, -0.15) is 0 Å². The number of hydrogen-bond acceptors (Lipinski definition) is 6. The van der Waals surface area contributed by atoms with Gasteiger partial charge in [0.25, 0.3) is 5.69 Å². The molecule has 0 unspecified atom stereocenters. The number of nitrogens with two attached hydrogens (primary N) is 1. The molecule has 0 bridgehead atoms. The van der Waals surface area contributed by atoms with Crippen molar-refractivity contribution in [3.8, 4) is 11.5 Å². The predicted octanol–water partition coefficient (Wildman–Crippen LogP) is 4.90. The van der Waals surface area contributed by atoms with E-state index in [2.05, 4.69) is 63.8 Å². The molecule has 2 rings (SSSR count). The Morgan fingerprint density at radius 3 is 2.00 bits per heavy atom. The molecule has 0 spiro atoms. The van der Waals surface area contributed by atoms with Gasteiger partial charge in [0.1, 0.15) is 0 Å². The standard InChI is InChI=1S/C25H37N3O4/c1-24(2,3)20-10-8-18(9-11-20)14-27(17-25(4,5)16-26)15-19-12-22(31-6)23(32-7)13-21(19)28(29)30/h8-13H,14-17,26H2,1-7H3. The van der Waals surface area contributed by atoms with Crippen LogP contribution in [-0.2, 0) is 18.5 Å². The zero-order valence-electron chi connectivity index (χ0n) is 20.4. The second kappa shape index (κ2) is 10.3. The monoisotopic (exact) mass is 443 g/mol. The van der Waals surface area contributed by atoms with Crippen molar-refractivity contribution in [3.05, 3.63) is 63.2 Å². The minimum Gasteiger partial charge on any atom is -0.493 e. The van der Waals surface area contributed by atoms with E-state index in [0.717, 1.165) is 5.56 Å². The molecule has 0 saturated carbocycles. The van der Waals surface area contributed by atoms with Gasteiger partial charge in [-0.1, -0.05) is 58.9 Å². The molecule has 7 heteroatoms. The van der Waals surface area contributed by atoms with Crippen molar-refractivity contribution < 1.29 is 14.4 Å². The summed E-state index contributed by atoms with van der Waals surface area (Å²) in [5.74, 6) is 0.815. The second-order valence-corrected chi connectivity index (χ2v) is 10.1. The summed E-state index contributed by atoms with van der Waals surface area (Å²) in [4.78, 5) is 13.6. The van der Waals surface area contributed by atoms with E-state index in [-0.39, 0.29) is 21.4 Å². The summed E-state index contributed by atoms with van der Waals surface area (Å²) in [6.45, 7) is 13.0. The van der Waals surface area contributed by atoms with Gasteiger partial charge >= 0.3 is 0 Å². The second-order valence-electron chi connectivity index (χ2n) is 10.1. The van der Waals surface area contributed by atoms with Gasteiger partial charge in [0.2, 0.25) is 0 Å². The molecular formula is C25H37N3O4. The Morgan fingerprint density at radius 2 is 1.53 bits per heavy atom. The minimum atomic E-state index is -0.373. The summed E-state index contributed by atoms with van der Waals surface area (Å²) in [6, 6.07) is 11.7. The van der Waals surface area contributed by atoms with E-state index in [9.17, 15) is 10.1 Å². The molecule has 0 aromatic heterocycles. The van der Waals surface area contributed by atoms with Crippen molar-refractivity contribution in [1.29, 1.82) is 0 Å². The Labute approximate surface area is 191 Å². The number of methoxy groups -OCH3 is 2. The first-order chi connectivity index (χ1) is 14.9. The Bertz CT molecular complexity index is 918. The Hall–Kier alpha value is -2.64. The number of nitro groups is 1. The van der Waals surface area contributed by atoms with Gasteiger partial charge in [-0.05, 0) is 34.6 Å². The molecule has 176 valence electrons. The molecule has 7 nitrogen and oxygen atoms in total. The largest absolute Gasteiger partial charge is 0.493 e. The van der Waals surface area contributed by atoms with Gasteiger partial charge in [0.15, 0.2) is 11.5 Å². The number of rotatable bonds is 10. The van der Waals surface area contributed by atoms with Crippen LogP contribution in [0, 0.1) is 15.5 Å². The van der Waals surface area contributed by atoms with Gasteiger partial charge in [-0.25, -0.2) is 0 Å². The highest BCUT2D eigenvalue weighted by Gasteiger charge is 2.25. The third kappa shape index (κ3) is 6.68. The summed E-state index contributed by atoms with van der Waals surface area (Å²) < 4.78 is 10.7. The molecule has 0 heterocycles. The third-order valence-corrected chi connectivity index (χ3v) is 5.61. The van der Waals surface area contributed by atoms with Crippen molar-refractivity contribution in [3.63, 3.8) is 0 Å². The van der Waals surface area contributed by atoms with Crippen LogP contribution >= 0.6 is 0 Å². The highest BCUT2D eigenvalue weighted by atomic mass is 16.6. The summed E-state index contributed by atoms with van der Waals surface area (Å²) in [5, 5.41) is 11.8. The number of benzene rings is 2. The molecule has 0 aliphatic carbocycles. The van der Waals surface area contributed by atoms with Crippen molar-refractivity contribution in [1.82, 2.24) is 4.90 Å². The molecule has 0 fully saturated rings. The van der Waals surface area contributed by atoms with E-state index in [1.54, 1.807) is 6.07 Å². The Morgan fingerprint density at radius 1 is 0.969 bits per heavy atom. The van der Waals surface area contributed by atoms with Crippen LogP contribution in [0.3, 0.4) is 0 Å². The van der Waals surface area contributed by atoms with Crippen molar-refractivity contribution in [2.45, 2.75) is 53.1 Å².